The highest BCUT2D eigenvalue weighted by molar-refractivity contribution is 6.02. The molecule has 0 saturated carbocycles. The largest absolute Gasteiger partial charge is 0.494 e. The zero-order valence-electron chi connectivity index (χ0n) is 14.1. The zero-order chi connectivity index (χ0) is 18.4. The number of halogens is 1. The van der Waals surface area contributed by atoms with Gasteiger partial charge in [-0.25, -0.2) is 4.39 Å². The van der Waals surface area contributed by atoms with Gasteiger partial charge in [0.05, 0.1) is 12.3 Å². The van der Waals surface area contributed by atoms with Crippen LogP contribution in [0.3, 0.4) is 0 Å². The van der Waals surface area contributed by atoms with Crippen LogP contribution in [0.1, 0.15) is 17.4 Å². The molecule has 1 aromatic heterocycles. The lowest BCUT2D eigenvalue weighted by molar-refractivity contribution is 0.102. The van der Waals surface area contributed by atoms with Gasteiger partial charge in [0.25, 0.3) is 5.91 Å². The Balaban J connectivity index is 1.64. The molecular formula is C19H17FN4O2. The average Bonchev–Trinajstić information content (AvgIpc) is 2.66. The minimum Gasteiger partial charge on any atom is -0.494 e. The van der Waals surface area contributed by atoms with E-state index in [-0.39, 0.29) is 11.4 Å². The van der Waals surface area contributed by atoms with Crippen molar-refractivity contribution in [1.29, 1.82) is 0 Å². The fraction of sp³-hybridized carbons (Fsp3) is 0.105. The van der Waals surface area contributed by atoms with Crippen LogP contribution in [-0.4, -0.2) is 22.7 Å². The van der Waals surface area contributed by atoms with Crippen LogP contribution >= 0.6 is 0 Å². The highest BCUT2D eigenvalue weighted by Crippen LogP contribution is 2.19. The Labute approximate surface area is 150 Å². The molecule has 0 unspecified atom stereocenters. The summed E-state index contributed by atoms with van der Waals surface area (Å²) < 4.78 is 19.0. The predicted octanol–water partition coefficient (Wildman–Crippen LogP) is 4.01. The van der Waals surface area contributed by atoms with Crippen LogP contribution in [0.25, 0.3) is 0 Å². The van der Waals surface area contributed by atoms with Crippen LogP contribution < -0.4 is 15.4 Å². The minimum atomic E-state index is -0.532. The summed E-state index contributed by atoms with van der Waals surface area (Å²) in [7, 11) is 0. The molecule has 0 saturated heterocycles. The first-order valence-corrected chi connectivity index (χ1v) is 8.05. The van der Waals surface area contributed by atoms with E-state index in [2.05, 4.69) is 20.8 Å². The third-order valence-electron chi connectivity index (χ3n) is 3.46. The molecule has 3 aromatic rings. The lowest BCUT2D eigenvalue weighted by atomic mass is 10.3. The van der Waals surface area contributed by atoms with Gasteiger partial charge < -0.3 is 15.4 Å². The summed E-state index contributed by atoms with van der Waals surface area (Å²) in [5.74, 6) is 0.221. The Morgan fingerprint density at radius 1 is 1.04 bits per heavy atom. The van der Waals surface area contributed by atoms with E-state index in [9.17, 15) is 9.18 Å². The first-order chi connectivity index (χ1) is 12.7. The number of nitrogens with one attached hydrogen (secondary N) is 2. The molecule has 1 amide bonds. The summed E-state index contributed by atoms with van der Waals surface area (Å²) in [4.78, 5) is 12.1. The Hall–Kier alpha value is -3.48. The first-order valence-electron chi connectivity index (χ1n) is 8.05. The van der Waals surface area contributed by atoms with Gasteiger partial charge in [-0.3, -0.25) is 4.79 Å². The van der Waals surface area contributed by atoms with Crippen molar-refractivity contribution in [2.45, 2.75) is 6.92 Å². The molecule has 2 aromatic carbocycles. The van der Waals surface area contributed by atoms with Crippen LogP contribution in [-0.2, 0) is 0 Å². The standard InChI is InChI=1S/C19H17FN4O2/c1-2-26-14-9-7-13(8-10-14)21-18-12-11-17(23-24-18)19(25)22-16-6-4-3-5-15(16)20/h3-12H,2H2,1H3,(H,21,24)(H,22,25). The van der Waals surface area contributed by atoms with Crippen molar-refractivity contribution in [1.82, 2.24) is 10.2 Å². The van der Waals surface area contributed by atoms with Crippen molar-refractivity contribution in [3.63, 3.8) is 0 Å². The number of hydrogen-bond acceptors (Lipinski definition) is 5. The molecule has 7 heteroatoms. The van der Waals surface area contributed by atoms with Crippen LogP contribution in [0, 0.1) is 5.82 Å². The van der Waals surface area contributed by atoms with E-state index < -0.39 is 11.7 Å². The molecule has 26 heavy (non-hydrogen) atoms. The maximum atomic E-state index is 13.6. The predicted molar refractivity (Wildman–Crippen MR) is 97.3 cm³/mol. The fourth-order valence-corrected chi connectivity index (χ4v) is 2.22. The number of carbonyl (C=O) groups is 1. The number of para-hydroxylation sites is 1. The van der Waals surface area contributed by atoms with Gasteiger partial charge in [0, 0.05) is 5.69 Å². The van der Waals surface area contributed by atoms with Gasteiger partial charge in [-0.05, 0) is 55.5 Å². The number of anilines is 3. The second-order valence-corrected chi connectivity index (χ2v) is 5.32. The van der Waals surface area contributed by atoms with Gasteiger partial charge in [-0.1, -0.05) is 12.1 Å². The van der Waals surface area contributed by atoms with Crippen molar-refractivity contribution >= 4 is 23.1 Å². The van der Waals surface area contributed by atoms with Crippen molar-refractivity contribution in [2.24, 2.45) is 0 Å². The summed E-state index contributed by atoms with van der Waals surface area (Å²) in [6.45, 7) is 2.53. The van der Waals surface area contributed by atoms with E-state index >= 15 is 0 Å². The molecule has 1 heterocycles. The number of amides is 1. The number of nitrogens with zero attached hydrogens (tertiary/aromatic N) is 2. The second-order valence-electron chi connectivity index (χ2n) is 5.32. The smallest absolute Gasteiger partial charge is 0.276 e. The summed E-state index contributed by atoms with van der Waals surface area (Å²) in [5.41, 5.74) is 0.993. The molecular weight excluding hydrogens is 335 g/mol. The molecule has 6 nitrogen and oxygen atoms in total. The summed E-state index contributed by atoms with van der Waals surface area (Å²) in [6.07, 6.45) is 0. The molecule has 0 aliphatic carbocycles. The van der Waals surface area contributed by atoms with Crippen LogP contribution in [0.2, 0.25) is 0 Å². The second kappa shape index (κ2) is 8.06. The van der Waals surface area contributed by atoms with Gasteiger partial charge in [0.2, 0.25) is 0 Å². The Morgan fingerprint density at radius 2 is 1.81 bits per heavy atom. The molecule has 0 fully saturated rings. The topological polar surface area (TPSA) is 76.1 Å². The Morgan fingerprint density at radius 3 is 2.46 bits per heavy atom. The number of hydrogen-bond donors (Lipinski definition) is 2. The van der Waals surface area contributed by atoms with Gasteiger partial charge in [-0.2, -0.15) is 0 Å². The molecule has 132 valence electrons. The van der Waals surface area contributed by atoms with Gasteiger partial charge in [0.1, 0.15) is 11.6 Å². The van der Waals surface area contributed by atoms with Crippen molar-refractivity contribution in [3.8, 4) is 5.75 Å². The molecule has 2 N–H and O–H groups in total. The number of aromatic nitrogens is 2. The van der Waals surface area contributed by atoms with E-state index in [0.717, 1.165) is 11.4 Å². The van der Waals surface area contributed by atoms with Crippen molar-refractivity contribution < 1.29 is 13.9 Å². The highest BCUT2D eigenvalue weighted by Gasteiger charge is 2.11. The molecule has 0 bridgehead atoms. The number of carbonyl (C=O) groups excluding carboxylic acids is 1. The molecule has 0 atom stereocenters. The van der Waals surface area contributed by atoms with Gasteiger partial charge in [0.15, 0.2) is 11.5 Å². The number of benzene rings is 2. The van der Waals surface area contributed by atoms with E-state index in [1.54, 1.807) is 18.2 Å². The Bertz CT molecular complexity index is 883. The van der Waals surface area contributed by atoms with E-state index in [1.807, 2.05) is 31.2 Å². The lowest BCUT2D eigenvalue weighted by Crippen LogP contribution is -2.15. The molecule has 0 radical (unpaired) electrons. The summed E-state index contributed by atoms with van der Waals surface area (Å²) in [5, 5.41) is 13.4. The fourth-order valence-electron chi connectivity index (χ4n) is 2.22. The van der Waals surface area contributed by atoms with Gasteiger partial charge >= 0.3 is 0 Å². The molecule has 3 rings (SSSR count). The highest BCUT2D eigenvalue weighted by atomic mass is 19.1. The third kappa shape index (κ3) is 4.32. The van der Waals surface area contributed by atoms with Crippen molar-refractivity contribution in [3.05, 3.63) is 72.2 Å². The molecule has 0 spiro atoms. The molecule has 0 aliphatic rings. The maximum absolute atomic E-state index is 13.6. The monoisotopic (exact) mass is 352 g/mol. The summed E-state index contributed by atoms with van der Waals surface area (Å²) in [6, 6.07) is 16.5. The van der Waals surface area contributed by atoms with Crippen LogP contribution in [0.5, 0.6) is 5.75 Å². The number of ether oxygens (including phenoxy) is 1. The number of rotatable bonds is 6. The molecule has 0 aliphatic heterocycles. The quantitative estimate of drug-likeness (QED) is 0.701. The van der Waals surface area contributed by atoms with Gasteiger partial charge in [-0.15, -0.1) is 10.2 Å². The van der Waals surface area contributed by atoms with Crippen molar-refractivity contribution in [2.75, 3.05) is 17.2 Å². The van der Waals surface area contributed by atoms with E-state index in [4.69, 9.17) is 4.74 Å². The van der Waals surface area contributed by atoms with E-state index in [1.165, 1.54) is 18.2 Å². The zero-order valence-corrected chi connectivity index (χ0v) is 14.1. The average molecular weight is 352 g/mol. The third-order valence-corrected chi connectivity index (χ3v) is 3.46. The SMILES string of the molecule is CCOc1ccc(Nc2ccc(C(=O)Nc3ccccc3F)nn2)cc1. The van der Waals surface area contributed by atoms with Crippen LogP contribution in [0.15, 0.2) is 60.7 Å². The maximum Gasteiger partial charge on any atom is 0.276 e. The lowest BCUT2D eigenvalue weighted by Gasteiger charge is -2.08. The first kappa shape index (κ1) is 17.3. The normalized spacial score (nSPS) is 10.2. The van der Waals surface area contributed by atoms with Crippen LogP contribution in [0.4, 0.5) is 21.6 Å². The summed E-state index contributed by atoms with van der Waals surface area (Å²) >= 11 is 0. The minimum absolute atomic E-state index is 0.0884. The Kier molecular flexibility index (Phi) is 5.38. The van der Waals surface area contributed by atoms with E-state index in [0.29, 0.717) is 12.4 Å².